The molecule has 0 aromatic heterocycles. The van der Waals surface area contributed by atoms with Crippen molar-refractivity contribution in [3.8, 4) is 0 Å². The zero-order valence-corrected chi connectivity index (χ0v) is 4.76. The van der Waals surface area contributed by atoms with Crippen LogP contribution in [0.2, 0.25) is 0 Å². The second-order valence-electron chi connectivity index (χ2n) is 1.30. The Labute approximate surface area is 49.7 Å². The molecule has 48 valence electrons. The highest BCUT2D eigenvalue weighted by atomic mass is 16.5. The lowest BCUT2D eigenvalue weighted by atomic mass is 10.3. The Morgan fingerprint density at radius 2 is 2.62 bits per heavy atom. The SMILES string of the molecule is [2H][C@@H](O)CCC(=O)OC. The van der Waals surface area contributed by atoms with E-state index in [9.17, 15) is 4.79 Å². The van der Waals surface area contributed by atoms with Crippen molar-refractivity contribution in [2.24, 2.45) is 0 Å². The Bertz CT molecular complexity index is 92.2. The minimum atomic E-state index is -1.16. The van der Waals surface area contributed by atoms with Gasteiger partial charge in [0.05, 0.1) is 8.48 Å². The lowest BCUT2D eigenvalue weighted by Crippen LogP contribution is -2.00. The molecule has 8 heavy (non-hydrogen) atoms. The number of hydrogen-bond donors (Lipinski definition) is 1. The molecule has 0 fully saturated rings. The molecule has 1 N–H and O–H groups in total. The molecular formula is C5H10O3. The first-order valence-electron chi connectivity index (χ1n) is 2.91. The van der Waals surface area contributed by atoms with E-state index in [0.717, 1.165) is 0 Å². The van der Waals surface area contributed by atoms with Crippen molar-refractivity contribution < 1.29 is 16.0 Å². The number of aliphatic hydroxyl groups is 1. The first-order chi connectivity index (χ1) is 4.16. The summed E-state index contributed by atoms with van der Waals surface area (Å²) < 4.78 is 10.9. The Kier molecular flexibility index (Phi) is 3.19. The van der Waals surface area contributed by atoms with E-state index in [1.807, 2.05) is 0 Å². The van der Waals surface area contributed by atoms with Crippen LogP contribution in [0.4, 0.5) is 0 Å². The molecule has 1 atom stereocenters. The third kappa shape index (κ3) is 3.61. The number of hydrogen-bond acceptors (Lipinski definition) is 3. The normalized spacial score (nSPS) is 14.5. The lowest BCUT2D eigenvalue weighted by molar-refractivity contribution is -0.140. The van der Waals surface area contributed by atoms with E-state index in [0.29, 0.717) is 0 Å². The third-order valence-corrected chi connectivity index (χ3v) is 0.705. The van der Waals surface area contributed by atoms with E-state index in [4.69, 9.17) is 6.48 Å². The van der Waals surface area contributed by atoms with Crippen LogP contribution in [0.3, 0.4) is 0 Å². The average Bonchev–Trinajstić information content (AvgIpc) is 1.83. The van der Waals surface area contributed by atoms with E-state index in [-0.39, 0.29) is 18.8 Å². The molecule has 3 heteroatoms. The van der Waals surface area contributed by atoms with Crippen LogP contribution in [0.25, 0.3) is 0 Å². The molecule has 0 bridgehead atoms. The quantitative estimate of drug-likeness (QED) is 0.529. The van der Waals surface area contributed by atoms with Crippen LogP contribution in [-0.4, -0.2) is 24.8 Å². The molecule has 0 aliphatic carbocycles. The summed E-state index contributed by atoms with van der Waals surface area (Å²) in [6, 6.07) is 0. The van der Waals surface area contributed by atoms with Gasteiger partial charge in [0.1, 0.15) is 0 Å². The van der Waals surface area contributed by atoms with Crippen molar-refractivity contribution in [3.05, 3.63) is 0 Å². The number of carbonyl (C=O) groups is 1. The maximum atomic E-state index is 10.3. The molecular weight excluding hydrogens is 108 g/mol. The van der Waals surface area contributed by atoms with Crippen LogP contribution in [0.1, 0.15) is 14.2 Å². The molecule has 3 nitrogen and oxygen atoms in total. The highest BCUT2D eigenvalue weighted by molar-refractivity contribution is 5.68. The van der Waals surface area contributed by atoms with Crippen LogP contribution in [0.5, 0.6) is 0 Å². The van der Waals surface area contributed by atoms with Gasteiger partial charge in [0.15, 0.2) is 0 Å². The summed E-state index contributed by atoms with van der Waals surface area (Å²) in [6.45, 7) is -1.16. The van der Waals surface area contributed by atoms with Gasteiger partial charge >= 0.3 is 5.97 Å². The van der Waals surface area contributed by atoms with E-state index in [1.165, 1.54) is 7.11 Å². The summed E-state index contributed by atoms with van der Waals surface area (Å²) >= 11 is 0. The number of carbonyl (C=O) groups excluding carboxylic acids is 1. The van der Waals surface area contributed by atoms with Crippen LogP contribution in [-0.2, 0) is 9.53 Å². The molecule has 0 radical (unpaired) electrons. The van der Waals surface area contributed by atoms with Crippen LogP contribution in [0, 0.1) is 0 Å². The maximum absolute atomic E-state index is 10.3. The van der Waals surface area contributed by atoms with Gasteiger partial charge in [0.25, 0.3) is 0 Å². The smallest absolute Gasteiger partial charge is 0.305 e. The van der Waals surface area contributed by atoms with Gasteiger partial charge in [-0.25, -0.2) is 0 Å². The molecule has 0 amide bonds. The molecule has 0 spiro atoms. The monoisotopic (exact) mass is 119 g/mol. The highest BCUT2D eigenvalue weighted by Crippen LogP contribution is 1.87. The third-order valence-electron chi connectivity index (χ3n) is 0.705. The van der Waals surface area contributed by atoms with Gasteiger partial charge in [-0.15, -0.1) is 0 Å². The van der Waals surface area contributed by atoms with Crippen LogP contribution < -0.4 is 0 Å². The molecule has 0 aromatic rings. The molecule has 0 aliphatic heterocycles. The van der Waals surface area contributed by atoms with Gasteiger partial charge < -0.3 is 9.84 Å². The summed E-state index contributed by atoms with van der Waals surface area (Å²) in [6.07, 6.45) is 0.258. The predicted octanol–water partition coefficient (Wildman–Crippen LogP) is -0.0681. The minimum Gasteiger partial charge on any atom is -0.469 e. The predicted molar refractivity (Wildman–Crippen MR) is 28.3 cm³/mol. The Morgan fingerprint density at radius 1 is 2.00 bits per heavy atom. The maximum Gasteiger partial charge on any atom is 0.305 e. The number of methoxy groups -OCH3 is 1. The van der Waals surface area contributed by atoms with Gasteiger partial charge in [-0.2, -0.15) is 0 Å². The first kappa shape index (κ1) is 5.56. The van der Waals surface area contributed by atoms with Gasteiger partial charge in [0.2, 0.25) is 0 Å². The van der Waals surface area contributed by atoms with Crippen molar-refractivity contribution >= 4 is 5.97 Å². The van der Waals surface area contributed by atoms with Gasteiger partial charge in [0, 0.05) is 13.0 Å². The summed E-state index contributed by atoms with van der Waals surface area (Å²) in [4.78, 5) is 10.3. The standard InChI is InChI=1S/C5H10O3/c1-8-5(7)3-2-4-6/h6H,2-4H2,1H3/i4D/t4-/m1/s1. The zero-order chi connectivity index (χ0) is 7.28. The summed E-state index contributed by atoms with van der Waals surface area (Å²) in [5.41, 5.74) is 0. The summed E-state index contributed by atoms with van der Waals surface area (Å²) in [5.74, 6) is -0.388. The second-order valence-corrected chi connectivity index (χ2v) is 1.30. The highest BCUT2D eigenvalue weighted by Gasteiger charge is 1.95. The fourth-order valence-electron chi connectivity index (χ4n) is 0.284. The largest absolute Gasteiger partial charge is 0.469 e. The Balaban J connectivity index is 3.17. The second kappa shape index (κ2) is 4.59. The molecule has 0 rings (SSSR count). The van der Waals surface area contributed by atoms with Crippen molar-refractivity contribution in [2.75, 3.05) is 13.7 Å². The van der Waals surface area contributed by atoms with E-state index in [1.54, 1.807) is 0 Å². The minimum absolute atomic E-state index is 0.112. The van der Waals surface area contributed by atoms with Crippen LogP contribution >= 0.6 is 0 Å². The van der Waals surface area contributed by atoms with Gasteiger partial charge in [-0.05, 0) is 6.42 Å². The van der Waals surface area contributed by atoms with Crippen molar-refractivity contribution in [1.29, 1.82) is 0 Å². The van der Waals surface area contributed by atoms with E-state index in [2.05, 4.69) is 4.74 Å². The molecule has 0 saturated carbocycles. The van der Waals surface area contributed by atoms with Crippen molar-refractivity contribution in [2.45, 2.75) is 12.8 Å². The molecule has 0 heterocycles. The van der Waals surface area contributed by atoms with Gasteiger partial charge in [-0.3, -0.25) is 4.79 Å². The Morgan fingerprint density at radius 3 is 3.00 bits per heavy atom. The van der Waals surface area contributed by atoms with E-state index >= 15 is 0 Å². The van der Waals surface area contributed by atoms with Crippen molar-refractivity contribution in [1.82, 2.24) is 0 Å². The average molecular weight is 119 g/mol. The molecule has 0 aromatic carbocycles. The molecule has 0 saturated heterocycles. The number of rotatable bonds is 3. The fraction of sp³-hybridized carbons (Fsp3) is 0.800. The topological polar surface area (TPSA) is 46.5 Å². The van der Waals surface area contributed by atoms with Crippen LogP contribution in [0.15, 0.2) is 0 Å². The first-order valence-corrected chi connectivity index (χ1v) is 2.34. The lowest BCUT2D eigenvalue weighted by Gasteiger charge is -1.93. The van der Waals surface area contributed by atoms with Crippen molar-refractivity contribution in [3.63, 3.8) is 0 Å². The fourth-order valence-corrected chi connectivity index (χ4v) is 0.284. The molecule has 0 aliphatic rings. The number of esters is 1. The zero-order valence-electron chi connectivity index (χ0n) is 5.76. The number of ether oxygens (including phenoxy) is 1. The molecule has 0 unspecified atom stereocenters. The van der Waals surface area contributed by atoms with E-state index < -0.39 is 6.58 Å². The summed E-state index contributed by atoms with van der Waals surface area (Å²) in [7, 11) is 1.28. The summed E-state index contributed by atoms with van der Waals surface area (Å²) in [5, 5.41) is 8.36. The number of aliphatic hydroxyl groups excluding tert-OH is 1. The van der Waals surface area contributed by atoms with Gasteiger partial charge in [-0.1, -0.05) is 0 Å². The Hall–Kier alpha value is -0.570.